The lowest BCUT2D eigenvalue weighted by molar-refractivity contribution is 0.0236. The molecule has 3 rings (SSSR count). The fraction of sp³-hybridized carbons (Fsp3) is 0.400. The highest BCUT2D eigenvalue weighted by Gasteiger charge is 2.24. The summed E-state index contributed by atoms with van der Waals surface area (Å²) in [4.78, 5) is 4.23. The van der Waals surface area contributed by atoms with Gasteiger partial charge in [-0.05, 0) is 12.1 Å². The van der Waals surface area contributed by atoms with Crippen LogP contribution in [0.1, 0.15) is 11.8 Å². The van der Waals surface area contributed by atoms with E-state index in [0.717, 1.165) is 23.3 Å². The van der Waals surface area contributed by atoms with Crippen molar-refractivity contribution in [3.63, 3.8) is 0 Å². The van der Waals surface area contributed by atoms with E-state index < -0.39 is 0 Å². The average molecular weight is 204 g/mol. The monoisotopic (exact) mass is 204 g/mol. The van der Waals surface area contributed by atoms with Crippen molar-refractivity contribution in [2.24, 2.45) is 5.73 Å². The van der Waals surface area contributed by atoms with Crippen molar-refractivity contribution in [2.75, 3.05) is 13.2 Å². The molecule has 2 N–H and O–H groups in total. The molecule has 0 fully saturated rings. The Morgan fingerprint density at radius 1 is 1.60 bits per heavy atom. The quantitative estimate of drug-likeness (QED) is 0.733. The Balaban J connectivity index is 2.27. The molecule has 1 aliphatic rings. The van der Waals surface area contributed by atoms with E-state index in [1.54, 1.807) is 6.20 Å². The van der Waals surface area contributed by atoms with Gasteiger partial charge in [0.25, 0.3) is 0 Å². The van der Waals surface area contributed by atoms with Crippen LogP contribution in [0.5, 0.6) is 0 Å². The molecule has 0 saturated carbocycles. The summed E-state index contributed by atoms with van der Waals surface area (Å²) in [5.41, 5.74) is 7.52. The SMILES string of the molecule is NC[C@@H]1OCCn2nc3ncccc3c21. The van der Waals surface area contributed by atoms with Gasteiger partial charge in [0.05, 0.1) is 18.8 Å². The normalized spacial score (nSPS) is 20.5. The minimum absolute atomic E-state index is 0.0482. The fourth-order valence-electron chi connectivity index (χ4n) is 2.03. The summed E-state index contributed by atoms with van der Waals surface area (Å²) in [6, 6.07) is 3.92. The molecular weight excluding hydrogens is 192 g/mol. The van der Waals surface area contributed by atoms with E-state index >= 15 is 0 Å². The minimum Gasteiger partial charge on any atom is -0.369 e. The van der Waals surface area contributed by atoms with Crippen LogP contribution in [0.2, 0.25) is 0 Å². The fourth-order valence-corrected chi connectivity index (χ4v) is 2.03. The van der Waals surface area contributed by atoms with Crippen molar-refractivity contribution in [1.82, 2.24) is 14.8 Å². The number of hydrogen-bond donors (Lipinski definition) is 1. The number of rotatable bonds is 1. The summed E-state index contributed by atoms with van der Waals surface area (Å²) in [6.45, 7) is 1.93. The third-order valence-electron chi connectivity index (χ3n) is 2.70. The van der Waals surface area contributed by atoms with Crippen LogP contribution in [0, 0.1) is 0 Å². The Hall–Kier alpha value is -1.46. The smallest absolute Gasteiger partial charge is 0.181 e. The Bertz CT molecular complexity index is 493. The third kappa shape index (κ3) is 1.24. The number of aromatic nitrogens is 3. The van der Waals surface area contributed by atoms with Crippen molar-refractivity contribution in [1.29, 1.82) is 0 Å². The molecule has 0 radical (unpaired) electrons. The Labute approximate surface area is 86.8 Å². The number of hydrogen-bond acceptors (Lipinski definition) is 4. The lowest BCUT2D eigenvalue weighted by atomic mass is 10.1. The lowest BCUT2D eigenvalue weighted by Crippen LogP contribution is -2.27. The van der Waals surface area contributed by atoms with Gasteiger partial charge in [-0.3, -0.25) is 4.68 Å². The van der Waals surface area contributed by atoms with Gasteiger partial charge in [-0.15, -0.1) is 0 Å². The summed E-state index contributed by atoms with van der Waals surface area (Å²) < 4.78 is 7.56. The first-order valence-corrected chi connectivity index (χ1v) is 5.03. The Morgan fingerprint density at radius 2 is 2.53 bits per heavy atom. The molecule has 2 aromatic rings. The van der Waals surface area contributed by atoms with Gasteiger partial charge in [-0.1, -0.05) is 0 Å². The summed E-state index contributed by atoms with van der Waals surface area (Å²) in [6.07, 6.45) is 1.70. The maximum absolute atomic E-state index is 5.68. The molecular formula is C10H12N4O. The lowest BCUT2D eigenvalue weighted by Gasteiger charge is -2.23. The largest absolute Gasteiger partial charge is 0.369 e. The maximum Gasteiger partial charge on any atom is 0.181 e. The summed E-state index contributed by atoms with van der Waals surface area (Å²) >= 11 is 0. The first-order chi connectivity index (χ1) is 7.40. The molecule has 0 aromatic carbocycles. The zero-order valence-corrected chi connectivity index (χ0v) is 8.26. The van der Waals surface area contributed by atoms with E-state index in [1.807, 2.05) is 16.8 Å². The van der Waals surface area contributed by atoms with Gasteiger partial charge in [0, 0.05) is 18.1 Å². The third-order valence-corrected chi connectivity index (χ3v) is 2.70. The van der Waals surface area contributed by atoms with Crippen molar-refractivity contribution >= 4 is 11.0 Å². The van der Waals surface area contributed by atoms with Gasteiger partial charge in [0.1, 0.15) is 6.10 Å². The first-order valence-electron chi connectivity index (χ1n) is 5.03. The van der Waals surface area contributed by atoms with Gasteiger partial charge in [0.15, 0.2) is 5.65 Å². The molecule has 0 bridgehead atoms. The number of ether oxygens (including phenoxy) is 1. The van der Waals surface area contributed by atoms with E-state index in [1.165, 1.54) is 0 Å². The predicted molar refractivity (Wildman–Crippen MR) is 55.3 cm³/mol. The summed E-state index contributed by atoms with van der Waals surface area (Å²) in [5, 5.41) is 5.47. The molecule has 0 amide bonds. The van der Waals surface area contributed by atoms with Crippen LogP contribution in [0.15, 0.2) is 18.3 Å². The van der Waals surface area contributed by atoms with Crippen molar-refractivity contribution in [2.45, 2.75) is 12.6 Å². The van der Waals surface area contributed by atoms with Crippen molar-refractivity contribution in [3.8, 4) is 0 Å². The molecule has 1 aliphatic heterocycles. The van der Waals surface area contributed by atoms with Crippen LogP contribution in [0.4, 0.5) is 0 Å². The molecule has 0 aliphatic carbocycles. The molecule has 3 heterocycles. The molecule has 78 valence electrons. The van der Waals surface area contributed by atoms with Crippen LogP contribution >= 0.6 is 0 Å². The Kier molecular flexibility index (Phi) is 1.93. The first kappa shape index (κ1) is 8.82. The second-order valence-corrected chi connectivity index (χ2v) is 3.58. The second-order valence-electron chi connectivity index (χ2n) is 3.58. The van der Waals surface area contributed by atoms with E-state index in [-0.39, 0.29) is 6.10 Å². The van der Waals surface area contributed by atoms with Gasteiger partial charge >= 0.3 is 0 Å². The highest BCUT2D eigenvalue weighted by atomic mass is 16.5. The maximum atomic E-state index is 5.68. The van der Waals surface area contributed by atoms with E-state index in [9.17, 15) is 0 Å². The standard InChI is InChI=1S/C10H12N4O/c11-6-8-9-7-2-1-3-12-10(7)13-14(9)4-5-15-8/h1-3,8H,4-6,11H2/t8-/m0/s1. The van der Waals surface area contributed by atoms with Crippen LogP contribution in [0.3, 0.4) is 0 Å². The van der Waals surface area contributed by atoms with Crippen molar-refractivity contribution < 1.29 is 4.74 Å². The predicted octanol–water partition coefficient (Wildman–Crippen LogP) is 0.461. The topological polar surface area (TPSA) is 66.0 Å². The second kappa shape index (κ2) is 3.29. The van der Waals surface area contributed by atoms with E-state index in [0.29, 0.717) is 13.2 Å². The molecule has 2 aromatic heterocycles. The number of nitrogens with two attached hydrogens (primary N) is 1. The number of nitrogens with zero attached hydrogens (tertiary/aromatic N) is 3. The average Bonchev–Trinajstić information content (AvgIpc) is 2.67. The zero-order valence-electron chi connectivity index (χ0n) is 8.26. The van der Waals surface area contributed by atoms with Crippen molar-refractivity contribution in [3.05, 3.63) is 24.0 Å². The Morgan fingerprint density at radius 3 is 3.40 bits per heavy atom. The molecule has 5 nitrogen and oxygen atoms in total. The van der Waals surface area contributed by atoms with Crippen LogP contribution in [-0.4, -0.2) is 27.9 Å². The van der Waals surface area contributed by atoms with Gasteiger partial charge in [-0.2, -0.15) is 5.10 Å². The summed E-state index contributed by atoms with van der Waals surface area (Å²) in [5.74, 6) is 0. The van der Waals surface area contributed by atoms with E-state index in [2.05, 4.69) is 10.1 Å². The molecule has 0 saturated heterocycles. The molecule has 0 unspecified atom stereocenters. The van der Waals surface area contributed by atoms with Crippen LogP contribution in [0.25, 0.3) is 11.0 Å². The molecule has 5 heteroatoms. The van der Waals surface area contributed by atoms with Crippen LogP contribution < -0.4 is 5.73 Å². The molecule has 15 heavy (non-hydrogen) atoms. The van der Waals surface area contributed by atoms with Crippen LogP contribution in [-0.2, 0) is 11.3 Å². The van der Waals surface area contributed by atoms with Gasteiger partial charge < -0.3 is 10.5 Å². The van der Waals surface area contributed by atoms with Gasteiger partial charge in [-0.25, -0.2) is 4.98 Å². The minimum atomic E-state index is -0.0482. The van der Waals surface area contributed by atoms with Gasteiger partial charge in [0.2, 0.25) is 0 Å². The highest BCUT2D eigenvalue weighted by Crippen LogP contribution is 2.27. The molecule has 1 atom stereocenters. The highest BCUT2D eigenvalue weighted by molar-refractivity contribution is 5.78. The number of pyridine rings is 1. The molecule has 0 spiro atoms. The van der Waals surface area contributed by atoms with E-state index in [4.69, 9.17) is 10.5 Å². The zero-order chi connectivity index (χ0) is 10.3. The number of fused-ring (bicyclic) bond motifs is 3. The summed E-state index contributed by atoms with van der Waals surface area (Å²) in [7, 11) is 0.